The van der Waals surface area contributed by atoms with Crippen LogP contribution in [0.3, 0.4) is 0 Å². The minimum Gasteiger partial charge on any atom is -0.493 e. The van der Waals surface area contributed by atoms with Gasteiger partial charge in [-0.3, -0.25) is 4.79 Å². The van der Waals surface area contributed by atoms with E-state index >= 15 is 0 Å². The molecule has 0 aliphatic rings. The molecule has 1 aromatic rings. The minimum atomic E-state index is -0.922. The summed E-state index contributed by atoms with van der Waals surface area (Å²) in [5.41, 5.74) is 0.875. The number of esters is 1. The Balaban J connectivity index is 3.30. The van der Waals surface area contributed by atoms with Crippen molar-refractivity contribution in [1.29, 1.82) is 0 Å². The van der Waals surface area contributed by atoms with E-state index in [1.807, 2.05) is 0 Å². The molecule has 0 spiro atoms. The van der Waals surface area contributed by atoms with Crippen molar-refractivity contribution in [2.24, 2.45) is 5.92 Å². The highest BCUT2D eigenvalue weighted by atomic mass is 16.5. The lowest BCUT2D eigenvalue weighted by molar-refractivity contribution is -0.141. The number of methoxy groups -OCH3 is 3. The molecular formula is C14H18O6. The summed E-state index contributed by atoms with van der Waals surface area (Å²) in [6, 6.07) is 3.06. The van der Waals surface area contributed by atoms with Crippen molar-refractivity contribution >= 4 is 11.9 Å². The number of ether oxygens (including phenoxy) is 3. The van der Waals surface area contributed by atoms with E-state index in [4.69, 9.17) is 14.6 Å². The normalized spacial score (nSPS) is 11.6. The Bertz CT molecular complexity index is 509. The van der Waals surface area contributed by atoms with Crippen LogP contribution in [0.4, 0.5) is 0 Å². The minimum absolute atomic E-state index is 0.222. The molecule has 0 heterocycles. The Morgan fingerprint density at radius 1 is 1.20 bits per heavy atom. The van der Waals surface area contributed by atoms with Crippen LogP contribution in [0, 0.1) is 5.92 Å². The maximum atomic E-state index is 11.6. The maximum absolute atomic E-state index is 11.6. The molecule has 1 rings (SSSR count). The number of carbonyl (C=O) groups excluding carboxylic acids is 1. The third kappa shape index (κ3) is 3.40. The Kier molecular flexibility index (Phi) is 5.37. The predicted octanol–water partition coefficient (Wildman–Crippen LogP) is 1.75. The third-order valence-electron chi connectivity index (χ3n) is 2.92. The summed E-state index contributed by atoms with van der Waals surface area (Å²) in [4.78, 5) is 22.6. The van der Waals surface area contributed by atoms with E-state index in [0.29, 0.717) is 17.1 Å². The molecule has 0 bridgehead atoms. The predicted molar refractivity (Wildman–Crippen MR) is 71.4 cm³/mol. The topological polar surface area (TPSA) is 82.1 Å². The lowest BCUT2D eigenvalue weighted by Gasteiger charge is -2.16. The number of benzene rings is 1. The molecule has 1 atom stereocenters. The second-order valence-corrected chi connectivity index (χ2v) is 4.31. The number of hydrogen-bond acceptors (Lipinski definition) is 5. The summed E-state index contributed by atoms with van der Waals surface area (Å²) < 4.78 is 15.1. The van der Waals surface area contributed by atoms with E-state index in [1.54, 1.807) is 13.0 Å². The number of rotatable bonds is 6. The zero-order chi connectivity index (χ0) is 15.3. The van der Waals surface area contributed by atoms with E-state index in [-0.39, 0.29) is 12.0 Å². The molecule has 1 unspecified atom stereocenters. The van der Waals surface area contributed by atoms with Crippen molar-refractivity contribution in [3.05, 3.63) is 23.3 Å². The molecule has 0 saturated carbocycles. The van der Waals surface area contributed by atoms with Crippen molar-refractivity contribution in [2.75, 3.05) is 21.3 Å². The zero-order valence-electron chi connectivity index (χ0n) is 11.9. The van der Waals surface area contributed by atoms with Crippen LogP contribution >= 0.6 is 0 Å². The molecule has 1 N–H and O–H groups in total. The van der Waals surface area contributed by atoms with Gasteiger partial charge in [0.05, 0.1) is 32.8 Å². The molecule has 6 nitrogen and oxygen atoms in total. The molecule has 0 amide bonds. The molecule has 0 aromatic heterocycles. The van der Waals surface area contributed by atoms with Gasteiger partial charge in [-0.1, -0.05) is 6.92 Å². The van der Waals surface area contributed by atoms with E-state index in [1.165, 1.54) is 27.4 Å². The second kappa shape index (κ2) is 6.79. The van der Waals surface area contributed by atoms with Crippen LogP contribution in [0.5, 0.6) is 11.5 Å². The third-order valence-corrected chi connectivity index (χ3v) is 2.92. The number of carbonyl (C=O) groups is 2. The average Bonchev–Trinajstić information content (AvgIpc) is 2.45. The first-order valence-corrected chi connectivity index (χ1v) is 6.00. The highest BCUT2D eigenvalue weighted by Gasteiger charge is 2.20. The van der Waals surface area contributed by atoms with Crippen LogP contribution in [0.15, 0.2) is 12.1 Å². The summed E-state index contributed by atoms with van der Waals surface area (Å²) in [5, 5.41) is 8.99. The van der Waals surface area contributed by atoms with Gasteiger partial charge in [0.1, 0.15) is 0 Å². The summed E-state index contributed by atoms with van der Waals surface area (Å²) in [5.74, 6) is -1.26. The summed E-state index contributed by atoms with van der Waals surface area (Å²) in [7, 11) is 4.19. The highest BCUT2D eigenvalue weighted by molar-refractivity contribution is 5.90. The average molecular weight is 282 g/mol. The summed E-state index contributed by atoms with van der Waals surface area (Å²) in [6.07, 6.45) is 0.222. The maximum Gasteiger partial charge on any atom is 0.337 e. The SMILES string of the molecule is COC(=O)c1cc(CC(C)C(=O)O)c(OC)c(OC)c1. The lowest BCUT2D eigenvalue weighted by atomic mass is 9.98. The fourth-order valence-electron chi connectivity index (χ4n) is 1.85. The fraction of sp³-hybridized carbons (Fsp3) is 0.429. The van der Waals surface area contributed by atoms with Crippen LogP contribution in [0.1, 0.15) is 22.8 Å². The Morgan fingerprint density at radius 2 is 1.85 bits per heavy atom. The molecule has 0 radical (unpaired) electrons. The quantitative estimate of drug-likeness (QED) is 0.800. The van der Waals surface area contributed by atoms with E-state index in [0.717, 1.165) is 0 Å². The molecular weight excluding hydrogens is 264 g/mol. The van der Waals surface area contributed by atoms with Crippen molar-refractivity contribution in [3.8, 4) is 11.5 Å². The van der Waals surface area contributed by atoms with Crippen LogP contribution in [-0.2, 0) is 16.0 Å². The van der Waals surface area contributed by atoms with Gasteiger partial charge in [0.2, 0.25) is 0 Å². The first-order valence-electron chi connectivity index (χ1n) is 6.00. The molecule has 0 fully saturated rings. The van der Waals surface area contributed by atoms with Crippen LogP contribution in [0.25, 0.3) is 0 Å². The standard InChI is InChI=1S/C14H18O6/c1-8(13(15)16)5-9-6-10(14(17)20-4)7-11(18-2)12(9)19-3/h6-8H,5H2,1-4H3,(H,15,16). The lowest BCUT2D eigenvalue weighted by Crippen LogP contribution is -2.14. The second-order valence-electron chi connectivity index (χ2n) is 4.31. The van der Waals surface area contributed by atoms with Gasteiger partial charge < -0.3 is 19.3 Å². The monoisotopic (exact) mass is 282 g/mol. The van der Waals surface area contributed by atoms with E-state index in [9.17, 15) is 9.59 Å². The number of aliphatic carboxylic acids is 1. The molecule has 20 heavy (non-hydrogen) atoms. The number of carboxylic acids is 1. The van der Waals surface area contributed by atoms with Crippen molar-refractivity contribution in [3.63, 3.8) is 0 Å². The first-order chi connectivity index (χ1) is 9.44. The smallest absolute Gasteiger partial charge is 0.337 e. The molecule has 0 aliphatic heterocycles. The van der Waals surface area contributed by atoms with Crippen LogP contribution < -0.4 is 9.47 Å². The Morgan fingerprint density at radius 3 is 2.30 bits per heavy atom. The molecule has 0 saturated heterocycles. The van der Waals surface area contributed by atoms with Gasteiger partial charge in [0.25, 0.3) is 0 Å². The van der Waals surface area contributed by atoms with Crippen molar-refractivity contribution in [2.45, 2.75) is 13.3 Å². The highest BCUT2D eigenvalue weighted by Crippen LogP contribution is 2.34. The van der Waals surface area contributed by atoms with Crippen LogP contribution in [0.2, 0.25) is 0 Å². The zero-order valence-corrected chi connectivity index (χ0v) is 11.9. The van der Waals surface area contributed by atoms with Gasteiger partial charge in [-0.05, 0) is 24.1 Å². The molecule has 6 heteroatoms. The van der Waals surface area contributed by atoms with Gasteiger partial charge in [-0.15, -0.1) is 0 Å². The van der Waals surface area contributed by atoms with Gasteiger partial charge in [-0.25, -0.2) is 4.79 Å². The van der Waals surface area contributed by atoms with Crippen LogP contribution in [-0.4, -0.2) is 38.4 Å². The number of carboxylic acid groups (broad SMARTS) is 1. The molecule has 1 aromatic carbocycles. The van der Waals surface area contributed by atoms with Gasteiger partial charge in [-0.2, -0.15) is 0 Å². The molecule has 0 aliphatic carbocycles. The largest absolute Gasteiger partial charge is 0.493 e. The molecule has 110 valence electrons. The first kappa shape index (κ1) is 15.8. The van der Waals surface area contributed by atoms with Gasteiger partial charge in [0.15, 0.2) is 11.5 Å². The summed E-state index contributed by atoms with van der Waals surface area (Å²) >= 11 is 0. The van der Waals surface area contributed by atoms with E-state index < -0.39 is 17.9 Å². The van der Waals surface area contributed by atoms with Crippen molar-refractivity contribution < 1.29 is 28.9 Å². The number of hydrogen-bond donors (Lipinski definition) is 1. The Labute approximate surface area is 117 Å². The summed E-state index contributed by atoms with van der Waals surface area (Å²) in [6.45, 7) is 1.58. The van der Waals surface area contributed by atoms with Gasteiger partial charge >= 0.3 is 11.9 Å². The fourth-order valence-corrected chi connectivity index (χ4v) is 1.85. The Hall–Kier alpha value is -2.24. The van der Waals surface area contributed by atoms with Crippen molar-refractivity contribution in [1.82, 2.24) is 0 Å². The van der Waals surface area contributed by atoms with Gasteiger partial charge in [0, 0.05) is 0 Å². The van der Waals surface area contributed by atoms with E-state index in [2.05, 4.69) is 4.74 Å².